The Morgan fingerprint density at radius 3 is 2.57 bits per heavy atom. The SMILES string of the molecule is CC1(O)CCC(NC(=O)CNc2ccc(C#N)cc2)CC1. The Hall–Kier alpha value is -2.06. The van der Waals surface area contributed by atoms with E-state index in [4.69, 9.17) is 5.26 Å². The van der Waals surface area contributed by atoms with Gasteiger partial charge in [-0.15, -0.1) is 0 Å². The third-order valence-corrected chi connectivity index (χ3v) is 3.89. The molecule has 1 aliphatic carbocycles. The van der Waals surface area contributed by atoms with Crippen LogP contribution in [0.1, 0.15) is 38.2 Å². The third kappa shape index (κ3) is 4.76. The predicted octanol–water partition coefficient (Wildman–Crippen LogP) is 1.78. The lowest BCUT2D eigenvalue weighted by atomic mass is 9.84. The highest BCUT2D eigenvalue weighted by molar-refractivity contribution is 5.81. The minimum atomic E-state index is -0.581. The number of nitrogens with zero attached hydrogens (tertiary/aromatic N) is 1. The van der Waals surface area contributed by atoms with E-state index in [9.17, 15) is 9.90 Å². The fourth-order valence-corrected chi connectivity index (χ4v) is 2.51. The number of rotatable bonds is 4. The van der Waals surface area contributed by atoms with Gasteiger partial charge in [-0.2, -0.15) is 5.26 Å². The van der Waals surface area contributed by atoms with Crippen molar-refractivity contribution < 1.29 is 9.90 Å². The van der Waals surface area contributed by atoms with E-state index >= 15 is 0 Å². The zero-order chi connectivity index (χ0) is 15.3. The summed E-state index contributed by atoms with van der Waals surface area (Å²) in [5, 5.41) is 24.6. The summed E-state index contributed by atoms with van der Waals surface area (Å²) >= 11 is 0. The van der Waals surface area contributed by atoms with Gasteiger partial charge in [0, 0.05) is 11.7 Å². The van der Waals surface area contributed by atoms with Crippen LogP contribution in [0.25, 0.3) is 0 Å². The molecule has 1 aliphatic rings. The molecule has 0 atom stereocenters. The second-order valence-electron chi connectivity index (χ2n) is 5.88. The smallest absolute Gasteiger partial charge is 0.239 e. The van der Waals surface area contributed by atoms with Crippen LogP contribution >= 0.6 is 0 Å². The molecule has 0 bridgehead atoms. The second kappa shape index (κ2) is 6.59. The molecule has 1 saturated carbocycles. The molecule has 0 saturated heterocycles. The molecule has 1 aromatic carbocycles. The van der Waals surface area contributed by atoms with E-state index in [-0.39, 0.29) is 18.5 Å². The van der Waals surface area contributed by atoms with Crippen molar-refractivity contribution in [3.63, 3.8) is 0 Å². The number of hydrogen-bond acceptors (Lipinski definition) is 4. The van der Waals surface area contributed by atoms with Gasteiger partial charge >= 0.3 is 0 Å². The molecule has 2 rings (SSSR count). The molecule has 1 amide bonds. The molecule has 0 aromatic heterocycles. The summed E-state index contributed by atoms with van der Waals surface area (Å²) in [5.41, 5.74) is 0.831. The predicted molar refractivity (Wildman–Crippen MR) is 80.7 cm³/mol. The normalized spacial score (nSPS) is 24.9. The maximum Gasteiger partial charge on any atom is 0.239 e. The van der Waals surface area contributed by atoms with Crippen molar-refractivity contribution in [2.75, 3.05) is 11.9 Å². The van der Waals surface area contributed by atoms with Crippen molar-refractivity contribution in [2.24, 2.45) is 0 Å². The molecule has 5 heteroatoms. The van der Waals surface area contributed by atoms with Crippen LogP contribution in [0.5, 0.6) is 0 Å². The Bertz CT molecular complexity index is 521. The van der Waals surface area contributed by atoms with Crippen LogP contribution < -0.4 is 10.6 Å². The quantitative estimate of drug-likeness (QED) is 0.788. The first-order valence-corrected chi connectivity index (χ1v) is 7.24. The second-order valence-corrected chi connectivity index (χ2v) is 5.88. The number of nitrogens with one attached hydrogen (secondary N) is 2. The number of aliphatic hydroxyl groups is 1. The molecule has 3 N–H and O–H groups in total. The summed E-state index contributed by atoms with van der Waals surface area (Å²) in [6.07, 6.45) is 3.08. The van der Waals surface area contributed by atoms with Gasteiger partial charge in [0.1, 0.15) is 0 Å². The molecule has 5 nitrogen and oxygen atoms in total. The molecular weight excluding hydrogens is 266 g/mol. The number of nitriles is 1. The van der Waals surface area contributed by atoms with Crippen LogP contribution in [0, 0.1) is 11.3 Å². The molecule has 0 unspecified atom stereocenters. The highest BCUT2D eigenvalue weighted by atomic mass is 16.3. The van der Waals surface area contributed by atoms with E-state index in [2.05, 4.69) is 16.7 Å². The summed E-state index contributed by atoms with van der Waals surface area (Å²) in [6.45, 7) is 2.05. The van der Waals surface area contributed by atoms with Gasteiger partial charge in [0.2, 0.25) is 5.91 Å². The van der Waals surface area contributed by atoms with Crippen molar-refractivity contribution in [1.29, 1.82) is 5.26 Å². The summed E-state index contributed by atoms with van der Waals surface area (Å²) in [4.78, 5) is 11.9. The lowest BCUT2D eigenvalue weighted by Crippen LogP contribution is -2.43. The fraction of sp³-hybridized carbons (Fsp3) is 0.500. The Morgan fingerprint density at radius 2 is 2.00 bits per heavy atom. The van der Waals surface area contributed by atoms with Gasteiger partial charge in [-0.25, -0.2) is 0 Å². The average Bonchev–Trinajstić information content (AvgIpc) is 2.48. The number of carbonyl (C=O) groups excluding carboxylic acids is 1. The minimum Gasteiger partial charge on any atom is -0.390 e. The summed E-state index contributed by atoms with van der Waals surface area (Å²) in [5.74, 6) is -0.0501. The molecular formula is C16H21N3O2. The highest BCUT2D eigenvalue weighted by Crippen LogP contribution is 2.27. The van der Waals surface area contributed by atoms with Gasteiger partial charge in [0.25, 0.3) is 0 Å². The first kappa shape index (κ1) is 15.3. The largest absolute Gasteiger partial charge is 0.390 e. The Morgan fingerprint density at radius 1 is 1.38 bits per heavy atom. The summed E-state index contributed by atoms with van der Waals surface area (Å²) in [6, 6.07) is 9.19. The highest BCUT2D eigenvalue weighted by Gasteiger charge is 2.29. The van der Waals surface area contributed by atoms with Gasteiger partial charge in [0.15, 0.2) is 0 Å². The van der Waals surface area contributed by atoms with Gasteiger partial charge in [-0.1, -0.05) is 0 Å². The van der Waals surface area contributed by atoms with Gasteiger partial charge in [0.05, 0.1) is 23.8 Å². The topological polar surface area (TPSA) is 85.2 Å². The van der Waals surface area contributed by atoms with E-state index in [0.29, 0.717) is 5.56 Å². The molecule has 1 aromatic rings. The number of anilines is 1. The average molecular weight is 287 g/mol. The zero-order valence-corrected chi connectivity index (χ0v) is 12.2. The zero-order valence-electron chi connectivity index (χ0n) is 12.2. The minimum absolute atomic E-state index is 0.0501. The number of carbonyl (C=O) groups is 1. The number of amides is 1. The molecule has 0 radical (unpaired) electrons. The lowest BCUT2D eigenvalue weighted by molar-refractivity contribution is -0.120. The van der Waals surface area contributed by atoms with Crippen LogP contribution in [0.4, 0.5) is 5.69 Å². The molecule has 0 spiro atoms. The monoisotopic (exact) mass is 287 g/mol. The molecule has 0 aliphatic heterocycles. The van der Waals surface area contributed by atoms with Crippen molar-refractivity contribution in [3.8, 4) is 6.07 Å². The first-order valence-electron chi connectivity index (χ1n) is 7.24. The van der Waals surface area contributed by atoms with Gasteiger partial charge in [-0.3, -0.25) is 4.79 Å². The maximum absolute atomic E-state index is 11.9. The van der Waals surface area contributed by atoms with Crippen LogP contribution in [-0.4, -0.2) is 29.2 Å². The molecule has 0 heterocycles. The lowest BCUT2D eigenvalue weighted by Gasteiger charge is -2.33. The standard InChI is InChI=1S/C16H21N3O2/c1-16(21)8-6-14(7-9-16)19-15(20)11-18-13-4-2-12(10-17)3-5-13/h2-5,14,18,21H,6-9,11H2,1H3,(H,19,20). The van der Waals surface area contributed by atoms with Crippen molar-refractivity contribution in [2.45, 2.75) is 44.2 Å². The van der Waals surface area contributed by atoms with Crippen LogP contribution in [0.2, 0.25) is 0 Å². The van der Waals surface area contributed by atoms with Gasteiger partial charge in [-0.05, 0) is 56.9 Å². The number of hydrogen-bond donors (Lipinski definition) is 3. The van der Waals surface area contributed by atoms with Crippen LogP contribution in [-0.2, 0) is 4.79 Å². The Kier molecular flexibility index (Phi) is 4.81. The molecule has 21 heavy (non-hydrogen) atoms. The van der Waals surface area contributed by atoms with E-state index in [1.54, 1.807) is 24.3 Å². The first-order chi connectivity index (χ1) is 9.98. The fourth-order valence-electron chi connectivity index (χ4n) is 2.51. The number of benzene rings is 1. The Labute approximate surface area is 125 Å². The van der Waals surface area contributed by atoms with E-state index < -0.39 is 5.60 Å². The Balaban J connectivity index is 1.73. The molecule has 1 fully saturated rings. The van der Waals surface area contributed by atoms with Crippen molar-refractivity contribution in [3.05, 3.63) is 29.8 Å². The van der Waals surface area contributed by atoms with E-state index in [0.717, 1.165) is 31.4 Å². The van der Waals surface area contributed by atoms with Gasteiger partial charge < -0.3 is 15.7 Å². The van der Waals surface area contributed by atoms with E-state index in [1.807, 2.05) is 6.92 Å². The summed E-state index contributed by atoms with van der Waals surface area (Å²) in [7, 11) is 0. The van der Waals surface area contributed by atoms with Crippen molar-refractivity contribution >= 4 is 11.6 Å². The summed E-state index contributed by atoms with van der Waals surface area (Å²) < 4.78 is 0. The molecule has 112 valence electrons. The van der Waals surface area contributed by atoms with E-state index in [1.165, 1.54) is 0 Å². The van der Waals surface area contributed by atoms with Crippen LogP contribution in [0.3, 0.4) is 0 Å². The van der Waals surface area contributed by atoms with Crippen LogP contribution in [0.15, 0.2) is 24.3 Å². The van der Waals surface area contributed by atoms with Crippen molar-refractivity contribution in [1.82, 2.24) is 5.32 Å². The third-order valence-electron chi connectivity index (χ3n) is 3.89. The maximum atomic E-state index is 11.9.